The summed E-state index contributed by atoms with van der Waals surface area (Å²) in [5, 5.41) is 7.65. The molecule has 0 spiro atoms. The van der Waals surface area contributed by atoms with Crippen molar-refractivity contribution in [2.24, 2.45) is 7.05 Å². The zero-order valence-electron chi connectivity index (χ0n) is 13.8. The van der Waals surface area contributed by atoms with Gasteiger partial charge in [-0.25, -0.2) is 9.67 Å². The zero-order chi connectivity index (χ0) is 18.1. The average molecular weight is 362 g/mol. The van der Waals surface area contributed by atoms with E-state index in [1.807, 2.05) is 48.5 Å². The standard InChI is InChI=1S/C19H14N4O2S/c1-23-17(24)11-10-15(22-23)18(25)20-13-8-6-12(7-9-13)19-21-14-4-2-3-5-16(14)26-19/h2-11H,1H3,(H,20,25). The van der Waals surface area contributed by atoms with E-state index in [9.17, 15) is 9.59 Å². The fraction of sp³-hybridized carbons (Fsp3) is 0.0526. The van der Waals surface area contributed by atoms with Gasteiger partial charge in [0.2, 0.25) is 0 Å². The van der Waals surface area contributed by atoms with E-state index in [-0.39, 0.29) is 17.2 Å². The summed E-state index contributed by atoms with van der Waals surface area (Å²) in [6, 6.07) is 18.2. The fourth-order valence-electron chi connectivity index (χ4n) is 2.51. The van der Waals surface area contributed by atoms with Crippen molar-refractivity contribution in [3.8, 4) is 10.6 Å². The lowest BCUT2D eigenvalue weighted by Gasteiger charge is -2.06. The van der Waals surface area contributed by atoms with Gasteiger partial charge in [0.05, 0.1) is 10.2 Å². The van der Waals surface area contributed by atoms with Gasteiger partial charge < -0.3 is 5.32 Å². The van der Waals surface area contributed by atoms with Crippen LogP contribution in [0.1, 0.15) is 10.5 Å². The highest BCUT2D eigenvalue weighted by molar-refractivity contribution is 7.21. The van der Waals surface area contributed by atoms with Crippen molar-refractivity contribution in [2.45, 2.75) is 0 Å². The molecule has 1 amide bonds. The van der Waals surface area contributed by atoms with E-state index in [2.05, 4.69) is 15.4 Å². The molecule has 7 heteroatoms. The number of nitrogens with zero attached hydrogens (tertiary/aromatic N) is 3. The summed E-state index contributed by atoms with van der Waals surface area (Å²) in [7, 11) is 1.51. The highest BCUT2D eigenvalue weighted by Crippen LogP contribution is 2.30. The van der Waals surface area contributed by atoms with Crippen molar-refractivity contribution in [3.63, 3.8) is 0 Å². The average Bonchev–Trinajstić information content (AvgIpc) is 3.08. The van der Waals surface area contributed by atoms with E-state index < -0.39 is 0 Å². The molecule has 0 aliphatic rings. The number of anilines is 1. The summed E-state index contributed by atoms with van der Waals surface area (Å²) in [6.07, 6.45) is 0. The number of nitrogens with one attached hydrogen (secondary N) is 1. The Bertz CT molecular complexity index is 1130. The molecular formula is C19H14N4O2S. The lowest BCUT2D eigenvalue weighted by molar-refractivity contribution is 0.102. The van der Waals surface area contributed by atoms with Crippen LogP contribution in [0.4, 0.5) is 5.69 Å². The predicted octanol–water partition coefficient (Wildman–Crippen LogP) is 3.31. The molecule has 0 unspecified atom stereocenters. The molecule has 0 atom stereocenters. The number of benzene rings is 2. The Kier molecular flexibility index (Phi) is 4.06. The van der Waals surface area contributed by atoms with Crippen LogP contribution in [0.25, 0.3) is 20.8 Å². The zero-order valence-corrected chi connectivity index (χ0v) is 14.7. The third-order valence-electron chi connectivity index (χ3n) is 3.88. The number of fused-ring (bicyclic) bond motifs is 1. The van der Waals surface area contributed by atoms with Gasteiger partial charge >= 0.3 is 0 Å². The molecule has 4 rings (SSSR count). The van der Waals surface area contributed by atoms with Crippen molar-refractivity contribution in [2.75, 3.05) is 5.32 Å². The van der Waals surface area contributed by atoms with E-state index in [0.717, 1.165) is 25.5 Å². The summed E-state index contributed by atoms with van der Waals surface area (Å²) < 4.78 is 2.27. The SMILES string of the molecule is Cn1nc(C(=O)Nc2ccc(-c3nc4ccccc4s3)cc2)ccc1=O. The molecule has 0 saturated heterocycles. The fourth-order valence-corrected chi connectivity index (χ4v) is 3.48. The van der Waals surface area contributed by atoms with Crippen molar-refractivity contribution >= 4 is 33.1 Å². The number of carbonyl (C=O) groups excluding carboxylic acids is 1. The van der Waals surface area contributed by atoms with E-state index >= 15 is 0 Å². The highest BCUT2D eigenvalue weighted by atomic mass is 32.1. The molecule has 26 heavy (non-hydrogen) atoms. The Morgan fingerprint density at radius 3 is 2.54 bits per heavy atom. The molecule has 2 heterocycles. The second-order valence-electron chi connectivity index (χ2n) is 5.70. The largest absolute Gasteiger partial charge is 0.321 e. The summed E-state index contributed by atoms with van der Waals surface area (Å²) in [5.41, 5.74) is 2.54. The van der Waals surface area contributed by atoms with Gasteiger partial charge in [-0.1, -0.05) is 12.1 Å². The molecule has 0 saturated carbocycles. The van der Waals surface area contributed by atoms with Crippen molar-refractivity contribution in [3.05, 3.63) is 76.7 Å². The van der Waals surface area contributed by atoms with Gasteiger partial charge in [-0.2, -0.15) is 5.10 Å². The second kappa shape index (κ2) is 6.53. The first-order chi connectivity index (χ1) is 12.6. The van der Waals surface area contributed by atoms with Gasteiger partial charge in [-0.3, -0.25) is 9.59 Å². The number of aryl methyl sites for hydroxylation is 1. The molecule has 2 aromatic carbocycles. The highest BCUT2D eigenvalue weighted by Gasteiger charge is 2.10. The maximum absolute atomic E-state index is 12.3. The van der Waals surface area contributed by atoms with Crippen LogP contribution in [0, 0.1) is 0 Å². The summed E-state index contributed by atoms with van der Waals surface area (Å²) in [6.45, 7) is 0. The molecule has 2 aromatic heterocycles. The van der Waals surface area contributed by atoms with Crippen molar-refractivity contribution < 1.29 is 4.79 Å². The normalized spacial score (nSPS) is 10.8. The van der Waals surface area contributed by atoms with Gasteiger partial charge in [0, 0.05) is 24.4 Å². The number of carbonyl (C=O) groups is 1. The van der Waals surface area contributed by atoms with Crippen LogP contribution in [0.2, 0.25) is 0 Å². The maximum Gasteiger partial charge on any atom is 0.276 e. The number of amides is 1. The van der Waals surface area contributed by atoms with Crippen LogP contribution < -0.4 is 10.9 Å². The minimum Gasteiger partial charge on any atom is -0.321 e. The number of hydrogen-bond acceptors (Lipinski definition) is 5. The number of rotatable bonds is 3. The quantitative estimate of drug-likeness (QED) is 0.607. The van der Waals surface area contributed by atoms with Crippen LogP contribution in [-0.4, -0.2) is 20.7 Å². The van der Waals surface area contributed by atoms with Crippen LogP contribution in [0.3, 0.4) is 0 Å². The minimum atomic E-state index is -0.367. The first-order valence-electron chi connectivity index (χ1n) is 7.92. The topological polar surface area (TPSA) is 76.9 Å². The molecule has 0 fully saturated rings. The second-order valence-corrected chi connectivity index (χ2v) is 6.73. The van der Waals surface area contributed by atoms with E-state index in [4.69, 9.17) is 0 Å². The van der Waals surface area contributed by atoms with Gasteiger partial charge in [-0.05, 0) is 42.5 Å². The van der Waals surface area contributed by atoms with Crippen LogP contribution in [0.15, 0.2) is 65.5 Å². The molecule has 1 N–H and O–H groups in total. The summed E-state index contributed by atoms with van der Waals surface area (Å²) in [4.78, 5) is 28.2. The molecule has 0 bridgehead atoms. The van der Waals surface area contributed by atoms with Crippen molar-refractivity contribution in [1.82, 2.24) is 14.8 Å². The lowest BCUT2D eigenvalue weighted by Crippen LogP contribution is -2.23. The summed E-state index contributed by atoms with van der Waals surface area (Å²) in [5.74, 6) is -0.367. The number of hydrogen-bond donors (Lipinski definition) is 1. The number of para-hydroxylation sites is 1. The lowest BCUT2D eigenvalue weighted by atomic mass is 10.2. The minimum absolute atomic E-state index is 0.183. The molecular weight excluding hydrogens is 348 g/mol. The monoisotopic (exact) mass is 362 g/mol. The Morgan fingerprint density at radius 1 is 1.04 bits per heavy atom. The Labute approximate surface area is 152 Å². The van der Waals surface area contributed by atoms with E-state index in [1.165, 1.54) is 19.2 Å². The van der Waals surface area contributed by atoms with Crippen LogP contribution in [-0.2, 0) is 7.05 Å². The number of aromatic nitrogens is 3. The van der Waals surface area contributed by atoms with Crippen molar-refractivity contribution in [1.29, 1.82) is 0 Å². The molecule has 128 valence electrons. The van der Waals surface area contributed by atoms with E-state index in [0.29, 0.717) is 5.69 Å². The van der Waals surface area contributed by atoms with Gasteiger partial charge in [-0.15, -0.1) is 11.3 Å². The van der Waals surface area contributed by atoms with Gasteiger partial charge in [0.15, 0.2) is 0 Å². The van der Waals surface area contributed by atoms with Gasteiger partial charge in [0.1, 0.15) is 10.7 Å². The number of thiazole rings is 1. The molecule has 0 radical (unpaired) electrons. The van der Waals surface area contributed by atoms with Crippen LogP contribution in [0.5, 0.6) is 0 Å². The maximum atomic E-state index is 12.3. The Hall–Kier alpha value is -3.32. The molecule has 0 aliphatic carbocycles. The molecule has 4 aromatic rings. The Balaban J connectivity index is 1.54. The third-order valence-corrected chi connectivity index (χ3v) is 4.96. The Morgan fingerprint density at radius 2 is 1.81 bits per heavy atom. The summed E-state index contributed by atoms with van der Waals surface area (Å²) >= 11 is 1.63. The first-order valence-corrected chi connectivity index (χ1v) is 8.73. The molecule has 0 aliphatic heterocycles. The third kappa shape index (κ3) is 3.12. The van der Waals surface area contributed by atoms with E-state index in [1.54, 1.807) is 11.3 Å². The predicted molar refractivity (Wildman–Crippen MR) is 102 cm³/mol. The van der Waals surface area contributed by atoms with Crippen LogP contribution >= 0.6 is 11.3 Å². The van der Waals surface area contributed by atoms with Gasteiger partial charge in [0.25, 0.3) is 11.5 Å². The molecule has 6 nitrogen and oxygen atoms in total. The first kappa shape index (κ1) is 16.2. The smallest absolute Gasteiger partial charge is 0.276 e.